The molecule has 470 valence electrons. The highest BCUT2D eigenvalue weighted by Crippen LogP contribution is 2.49. The van der Waals surface area contributed by atoms with Crippen molar-refractivity contribution in [3.05, 3.63) is 0 Å². The number of hydrogen-bond donors (Lipinski definition) is 25. The predicted molar refractivity (Wildman–Crippen MR) is 264 cm³/mol. The highest BCUT2D eigenvalue weighted by molar-refractivity contribution is 5.72. The van der Waals surface area contributed by atoms with Crippen molar-refractivity contribution in [3.8, 4) is 0 Å². The standard InChI is InChI=1S/C33H65NO28.C16H30O/c1-3-4-5-6-7-8-14-20(16-15-19-12-11-13-19)21(36)62-33(59,60)29(51,52)25(43,44)23(39,40)27(47,48)31(55,56)34(17-9-10-18-35)30(53,54)26(45,46)22(37,38)24(41,42)28(49,50)32(57,58)61-2;1-2-3-4-5-6-7-9-16(14-17)13-12-15-10-8-11-15/h19-20,35,37-60H,3-18H2,1-2H3;14-16H,2-13H2,1H3. The molecule has 30 heteroatoms. The number of aldehydes is 1. The fourth-order valence-corrected chi connectivity index (χ4v) is 9.09. The maximum atomic E-state index is 13.2. The highest BCUT2D eigenvalue weighted by Gasteiger charge is 2.85. The molecule has 0 aromatic rings. The Bertz CT molecular complexity index is 1780. The zero-order chi connectivity index (χ0) is 61.4. The van der Waals surface area contributed by atoms with Crippen molar-refractivity contribution in [1.82, 2.24) is 4.90 Å². The van der Waals surface area contributed by atoms with Crippen LogP contribution in [0.25, 0.3) is 0 Å². The Morgan fingerprint density at radius 3 is 1.20 bits per heavy atom. The molecule has 0 radical (unpaired) electrons. The molecule has 2 unspecified atom stereocenters. The number of esters is 1. The molecular weight excluding hydrogens is 1070 g/mol. The zero-order valence-corrected chi connectivity index (χ0v) is 45.4. The molecule has 2 fully saturated rings. The van der Waals surface area contributed by atoms with Gasteiger partial charge in [0.2, 0.25) is 0 Å². The van der Waals surface area contributed by atoms with E-state index >= 15 is 0 Å². The Labute approximate surface area is 457 Å². The third-order valence-electron chi connectivity index (χ3n) is 15.5. The number of carbonyl (C=O) groups excluding carboxylic acids is 2. The number of unbranched alkanes of at least 4 members (excludes halogenated alkanes) is 11. The van der Waals surface area contributed by atoms with Crippen LogP contribution < -0.4 is 0 Å². The summed E-state index contributed by atoms with van der Waals surface area (Å²) in [6.07, 6.45) is 22.4. The van der Waals surface area contributed by atoms with Crippen LogP contribution in [-0.4, -0.2) is 235 Å². The molecular formula is C49H95NO29. The van der Waals surface area contributed by atoms with Gasteiger partial charge in [-0.2, -0.15) is 4.90 Å². The van der Waals surface area contributed by atoms with Crippen LogP contribution in [0.1, 0.15) is 181 Å². The van der Waals surface area contributed by atoms with Gasteiger partial charge in [0.25, 0.3) is 46.5 Å². The number of aliphatic hydroxyl groups is 25. The Morgan fingerprint density at radius 1 is 0.468 bits per heavy atom. The van der Waals surface area contributed by atoms with E-state index in [1.165, 1.54) is 70.5 Å². The van der Waals surface area contributed by atoms with Crippen molar-refractivity contribution < 1.29 is 147 Å². The molecule has 0 aromatic heterocycles. The first-order chi connectivity index (χ1) is 36.0. The van der Waals surface area contributed by atoms with E-state index in [-0.39, 0.29) is 25.9 Å². The molecule has 2 aliphatic rings. The summed E-state index contributed by atoms with van der Waals surface area (Å²) in [5.74, 6) is -70.3. The number of ether oxygens (including phenoxy) is 2. The summed E-state index contributed by atoms with van der Waals surface area (Å²) in [7, 11) is 0.149. The van der Waals surface area contributed by atoms with Gasteiger partial charge < -0.3 is 142 Å². The summed E-state index contributed by atoms with van der Waals surface area (Å²) in [5.41, 5.74) is 0. The van der Waals surface area contributed by atoms with Crippen molar-refractivity contribution in [2.45, 2.75) is 251 Å². The normalized spacial score (nSPS) is 17.2. The lowest BCUT2D eigenvalue weighted by Crippen LogP contribution is -2.90. The lowest BCUT2D eigenvalue weighted by molar-refractivity contribution is -0.613. The van der Waals surface area contributed by atoms with E-state index in [4.69, 9.17) is 5.11 Å². The van der Waals surface area contributed by atoms with E-state index in [0.717, 1.165) is 63.7 Å². The van der Waals surface area contributed by atoms with Gasteiger partial charge in [-0.05, 0) is 63.2 Å². The molecule has 2 atom stereocenters. The van der Waals surface area contributed by atoms with E-state index in [9.17, 15) is 132 Å². The summed E-state index contributed by atoms with van der Waals surface area (Å²) < 4.78 is 8.03. The first kappa shape index (κ1) is 75.1. The molecule has 0 aromatic carbocycles. The van der Waals surface area contributed by atoms with E-state index in [1.54, 1.807) is 0 Å². The molecule has 2 rings (SSSR count). The first-order valence-electron chi connectivity index (χ1n) is 27.0. The SMILES string of the molecule is CCCCCCCCC(C=O)CCC1CCC1.CCCCCCCCC(CCC1CCC1)C(=O)OC(O)(O)C(O)(O)C(O)(O)C(O)(O)C(O)(O)C(O)(O)N(CCCCO)C(O)(O)C(O)(O)C(O)(O)C(O)(O)C(O)(O)C(O)(O)OC. The maximum Gasteiger partial charge on any atom is 0.387 e. The second-order valence-corrected chi connectivity index (χ2v) is 21.5. The average Bonchev–Trinajstić information content (AvgIpc) is 3.31. The molecule has 0 amide bonds. The van der Waals surface area contributed by atoms with Gasteiger partial charge in [0.05, 0.1) is 5.92 Å². The fourth-order valence-electron chi connectivity index (χ4n) is 9.09. The minimum atomic E-state index is -6.11. The quantitative estimate of drug-likeness (QED) is 0.0118. The second-order valence-electron chi connectivity index (χ2n) is 21.5. The number of hydrogen-bond acceptors (Lipinski definition) is 30. The van der Waals surface area contributed by atoms with Gasteiger partial charge in [0, 0.05) is 26.2 Å². The number of methoxy groups -OCH3 is 1. The largest absolute Gasteiger partial charge is 0.403 e. The van der Waals surface area contributed by atoms with Crippen molar-refractivity contribution in [1.29, 1.82) is 0 Å². The van der Waals surface area contributed by atoms with Crippen molar-refractivity contribution in [2.24, 2.45) is 23.7 Å². The van der Waals surface area contributed by atoms with Crippen LogP contribution in [0.5, 0.6) is 0 Å². The summed E-state index contributed by atoms with van der Waals surface area (Å²) in [5, 5.41) is 261. The molecule has 0 bridgehead atoms. The van der Waals surface area contributed by atoms with Gasteiger partial charge in [-0.1, -0.05) is 129 Å². The first-order valence-corrected chi connectivity index (χ1v) is 27.0. The molecule has 0 aliphatic heterocycles. The molecule has 30 nitrogen and oxygen atoms in total. The van der Waals surface area contributed by atoms with Crippen molar-refractivity contribution >= 4 is 12.3 Å². The van der Waals surface area contributed by atoms with Gasteiger partial charge in [-0.25, -0.2) is 0 Å². The van der Waals surface area contributed by atoms with Crippen LogP contribution in [0.3, 0.4) is 0 Å². The van der Waals surface area contributed by atoms with E-state index in [0.29, 0.717) is 25.2 Å². The zero-order valence-electron chi connectivity index (χ0n) is 45.4. The van der Waals surface area contributed by atoms with Crippen LogP contribution in [0.15, 0.2) is 0 Å². The smallest absolute Gasteiger partial charge is 0.387 e. The average molecular weight is 1160 g/mol. The Hall–Kier alpha value is -1.94. The van der Waals surface area contributed by atoms with Gasteiger partial charge in [0.1, 0.15) is 6.29 Å². The number of rotatable bonds is 40. The Morgan fingerprint density at radius 2 is 0.835 bits per heavy atom. The minimum absolute atomic E-state index is 0.00541. The number of aliphatic hydroxyl groups excluding tert-OH is 1. The van der Waals surface area contributed by atoms with Gasteiger partial charge in [0.15, 0.2) is 0 Å². The lowest BCUT2D eigenvalue weighted by atomic mass is 9.80. The number of carbonyl (C=O) groups is 2. The molecule has 0 saturated heterocycles. The third kappa shape index (κ3) is 16.9. The second kappa shape index (κ2) is 30.2. The molecule has 25 N–H and O–H groups in total. The minimum Gasteiger partial charge on any atom is -0.403 e. The summed E-state index contributed by atoms with van der Waals surface area (Å²) in [6.45, 7) is 1.26. The molecule has 0 spiro atoms. The van der Waals surface area contributed by atoms with Gasteiger partial charge in [-0.3, -0.25) is 4.79 Å². The van der Waals surface area contributed by atoms with Crippen LogP contribution >= 0.6 is 0 Å². The van der Waals surface area contributed by atoms with E-state index in [1.807, 2.05) is 6.92 Å². The topological polar surface area (TPSA) is 562 Å². The van der Waals surface area contributed by atoms with Crippen LogP contribution in [0.2, 0.25) is 0 Å². The van der Waals surface area contributed by atoms with Gasteiger partial charge in [-0.15, -0.1) is 0 Å². The van der Waals surface area contributed by atoms with E-state index in [2.05, 4.69) is 16.4 Å². The van der Waals surface area contributed by atoms with Crippen molar-refractivity contribution in [3.63, 3.8) is 0 Å². The van der Waals surface area contributed by atoms with Gasteiger partial charge >= 0.3 is 29.5 Å². The van der Waals surface area contributed by atoms with Crippen LogP contribution in [-0.2, 0) is 19.1 Å². The summed E-state index contributed by atoms with van der Waals surface area (Å²) in [6, 6.07) is 0. The monoisotopic (exact) mass is 1160 g/mol. The van der Waals surface area contributed by atoms with Crippen molar-refractivity contribution in [2.75, 3.05) is 20.3 Å². The molecule has 2 saturated carbocycles. The molecule has 79 heavy (non-hydrogen) atoms. The molecule has 2 aliphatic carbocycles. The lowest BCUT2D eigenvalue weighted by Gasteiger charge is -2.57. The molecule has 0 heterocycles. The summed E-state index contributed by atoms with van der Waals surface area (Å²) >= 11 is 0. The number of nitrogens with zero attached hydrogens (tertiary/aromatic N) is 1. The Balaban J connectivity index is 0.00000155. The fraction of sp³-hybridized carbons (Fsp3) is 0.959. The maximum absolute atomic E-state index is 13.2. The summed E-state index contributed by atoms with van der Waals surface area (Å²) in [4.78, 5) is 22.6. The predicted octanol–water partition coefficient (Wildman–Crippen LogP) is -5.67. The van der Waals surface area contributed by atoms with E-state index < -0.39 is 113 Å². The third-order valence-corrected chi connectivity index (χ3v) is 15.5. The van der Waals surface area contributed by atoms with Crippen LogP contribution in [0, 0.1) is 23.7 Å². The Kier molecular flexibility index (Phi) is 28.7. The van der Waals surface area contributed by atoms with Crippen LogP contribution in [0.4, 0.5) is 0 Å². The highest BCUT2D eigenvalue weighted by atomic mass is 16.8.